The van der Waals surface area contributed by atoms with Crippen LogP contribution in [0.3, 0.4) is 0 Å². The predicted octanol–water partition coefficient (Wildman–Crippen LogP) is 4.53. The number of rotatable bonds is 2. The largest absolute Gasteiger partial charge is 0.490 e. The average Bonchev–Trinajstić information content (AvgIpc) is 2.57. The van der Waals surface area contributed by atoms with Gasteiger partial charge in [0.15, 0.2) is 21.4 Å². The third kappa shape index (κ3) is 3.04. The van der Waals surface area contributed by atoms with Gasteiger partial charge in [-0.3, -0.25) is 0 Å². The Kier molecular flexibility index (Phi) is 4.46. The van der Waals surface area contributed by atoms with E-state index in [1.165, 1.54) is 6.92 Å². The maximum atomic E-state index is 14.3. The molecule has 0 amide bonds. The van der Waals surface area contributed by atoms with Crippen molar-refractivity contribution in [3.8, 4) is 5.75 Å². The molecule has 0 spiro atoms. The average molecular weight is 392 g/mol. The number of hydrogen-bond acceptors (Lipinski definition) is 3. The fourth-order valence-electron chi connectivity index (χ4n) is 2.99. The Bertz CT molecular complexity index is 936. The monoisotopic (exact) mass is 392 g/mol. The van der Waals surface area contributed by atoms with E-state index >= 15 is 0 Å². The summed E-state index contributed by atoms with van der Waals surface area (Å²) in [4.78, 5) is -0.404. The highest BCUT2D eigenvalue weighted by Crippen LogP contribution is 2.45. The second-order valence-electron chi connectivity index (χ2n) is 6.05. The van der Waals surface area contributed by atoms with Crippen LogP contribution in [0.1, 0.15) is 23.3 Å². The Labute approximate surface area is 146 Å². The summed E-state index contributed by atoms with van der Waals surface area (Å²) in [5.41, 5.74) is -1.45. The standard InChI is InChI=1S/C17H13F5O3S/c1-9-8-25-15-13(19)7-6-12(18)14(15)16(9)26(23,24)11-4-2-10(3-5-11)17(20,21)22/h2-7,9,16H,8H2,1H3. The van der Waals surface area contributed by atoms with Crippen LogP contribution in [0, 0.1) is 17.6 Å². The van der Waals surface area contributed by atoms with E-state index in [0.717, 1.165) is 24.3 Å². The van der Waals surface area contributed by atoms with Crippen LogP contribution >= 0.6 is 0 Å². The molecule has 0 radical (unpaired) electrons. The van der Waals surface area contributed by atoms with Crippen molar-refractivity contribution in [2.24, 2.45) is 5.92 Å². The van der Waals surface area contributed by atoms with E-state index < -0.39 is 60.6 Å². The van der Waals surface area contributed by atoms with Crippen molar-refractivity contribution in [2.75, 3.05) is 6.61 Å². The van der Waals surface area contributed by atoms with E-state index in [1.807, 2.05) is 0 Å². The highest BCUT2D eigenvalue weighted by molar-refractivity contribution is 7.91. The van der Waals surface area contributed by atoms with Crippen LogP contribution in [0.25, 0.3) is 0 Å². The minimum atomic E-state index is -4.61. The van der Waals surface area contributed by atoms with Crippen molar-refractivity contribution in [3.63, 3.8) is 0 Å². The lowest BCUT2D eigenvalue weighted by Gasteiger charge is -2.31. The number of ether oxygens (including phenoxy) is 1. The topological polar surface area (TPSA) is 43.4 Å². The van der Waals surface area contributed by atoms with Crippen molar-refractivity contribution in [3.05, 3.63) is 59.2 Å². The van der Waals surface area contributed by atoms with Gasteiger partial charge in [-0.25, -0.2) is 17.2 Å². The van der Waals surface area contributed by atoms with E-state index in [9.17, 15) is 30.4 Å². The molecule has 0 saturated carbocycles. The third-order valence-corrected chi connectivity index (χ3v) is 6.53. The Morgan fingerprint density at radius 3 is 2.15 bits per heavy atom. The lowest BCUT2D eigenvalue weighted by molar-refractivity contribution is -0.137. The smallest absolute Gasteiger partial charge is 0.416 e. The first kappa shape index (κ1) is 18.6. The van der Waals surface area contributed by atoms with Gasteiger partial charge in [-0.2, -0.15) is 13.2 Å². The first-order chi connectivity index (χ1) is 12.0. The first-order valence-electron chi connectivity index (χ1n) is 7.55. The van der Waals surface area contributed by atoms with Crippen LogP contribution < -0.4 is 4.74 Å². The van der Waals surface area contributed by atoms with Gasteiger partial charge in [0.1, 0.15) is 11.1 Å². The molecule has 0 fully saturated rings. The van der Waals surface area contributed by atoms with E-state index in [2.05, 4.69) is 0 Å². The summed E-state index contributed by atoms with van der Waals surface area (Å²) < 4.78 is 97.3. The Hall–Kier alpha value is -2.16. The van der Waals surface area contributed by atoms with Gasteiger partial charge in [-0.05, 0) is 36.4 Å². The van der Waals surface area contributed by atoms with Crippen LogP contribution in [-0.2, 0) is 16.0 Å². The molecular weight excluding hydrogens is 379 g/mol. The van der Waals surface area contributed by atoms with Crippen molar-refractivity contribution in [1.82, 2.24) is 0 Å². The fraction of sp³-hybridized carbons (Fsp3) is 0.294. The number of fused-ring (bicyclic) bond motifs is 1. The zero-order valence-electron chi connectivity index (χ0n) is 13.3. The van der Waals surface area contributed by atoms with Crippen molar-refractivity contribution in [2.45, 2.75) is 23.2 Å². The van der Waals surface area contributed by atoms with E-state index in [-0.39, 0.29) is 6.61 Å². The summed E-state index contributed by atoms with van der Waals surface area (Å²) in [5.74, 6) is -3.07. The second-order valence-corrected chi connectivity index (χ2v) is 8.12. The van der Waals surface area contributed by atoms with Crippen molar-refractivity contribution in [1.29, 1.82) is 0 Å². The summed E-state index contributed by atoms with van der Waals surface area (Å²) in [6.07, 6.45) is -4.61. The van der Waals surface area contributed by atoms with Gasteiger partial charge >= 0.3 is 6.18 Å². The molecule has 0 N–H and O–H groups in total. The van der Waals surface area contributed by atoms with Gasteiger partial charge in [-0.15, -0.1) is 0 Å². The van der Waals surface area contributed by atoms with Gasteiger partial charge in [0.25, 0.3) is 0 Å². The molecule has 0 aliphatic carbocycles. The normalized spacial score (nSPS) is 20.4. The fourth-order valence-corrected chi connectivity index (χ4v) is 5.02. The summed E-state index contributed by atoms with van der Waals surface area (Å²) in [7, 11) is -4.28. The van der Waals surface area contributed by atoms with E-state index in [4.69, 9.17) is 4.74 Å². The Morgan fingerprint density at radius 2 is 1.58 bits per heavy atom. The number of hydrogen-bond donors (Lipinski definition) is 0. The minimum absolute atomic E-state index is 0.169. The molecule has 0 bridgehead atoms. The highest BCUT2D eigenvalue weighted by atomic mass is 32.2. The molecule has 2 aromatic carbocycles. The number of halogens is 5. The summed E-state index contributed by atoms with van der Waals surface area (Å²) in [6.45, 7) is 1.32. The summed E-state index contributed by atoms with van der Waals surface area (Å²) in [5, 5.41) is -1.47. The van der Waals surface area contributed by atoms with Crippen LogP contribution in [0.2, 0.25) is 0 Å². The van der Waals surface area contributed by atoms with Gasteiger partial charge in [-0.1, -0.05) is 6.92 Å². The quantitative estimate of drug-likeness (QED) is 0.706. The first-order valence-corrected chi connectivity index (χ1v) is 9.10. The van der Waals surface area contributed by atoms with Crippen LogP contribution in [0.5, 0.6) is 5.75 Å². The predicted molar refractivity (Wildman–Crippen MR) is 82.4 cm³/mol. The van der Waals surface area contributed by atoms with Gasteiger partial charge in [0.2, 0.25) is 0 Å². The maximum absolute atomic E-state index is 14.3. The Balaban J connectivity index is 2.12. The molecule has 0 aromatic heterocycles. The van der Waals surface area contributed by atoms with E-state index in [1.54, 1.807) is 0 Å². The van der Waals surface area contributed by atoms with Crippen LogP contribution in [0.4, 0.5) is 22.0 Å². The van der Waals surface area contributed by atoms with Crippen molar-refractivity contribution >= 4 is 9.84 Å². The number of sulfone groups is 1. The number of benzene rings is 2. The second kappa shape index (κ2) is 6.22. The van der Waals surface area contributed by atoms with Gasteiger partial charge in [0, 0.05) is 5.92 Å². The zero-order chi connectivity index (χ0) is 19.3. The lowest BCUT2D eigenvalue weighted by atomic mass is 9.97. The molecule has 2 aromatic rings. The molecule has 3 nitrogen and oxygen atoms in total. The Morgan fingerprint density at radius 1 is 1.00 bits per heavy atom. The third-order valence-electron chi connectivity index (χ3n) is 4.23. The van der Waals surface area contributed by atoms with Crippen molar-refractivity contribution < 1.29 is 35.1 Å². The molecule has 2 atom stereocenters. The number of alkyl halides is 3. The SMILES string of the molecule is CC1COc2c(F)ccc(F)c2C1S(=O)(=O)c1ccc(C(F)(F)F)cc1. The van der Waals surface area contributed by atoms with Crippen LogP contribution in [0.15, 0.2) is 41.3 Å². The highest BCUT2D eigenvalue weighted by Gasteiger charge is 2.42. The molecule has 0 saturated heterocycles. The molecule has 2 unspecified atom stereocenters. The van der Waals surface area contributed by atoms with Gasteiger partial charge in [0.05, 0.1) is 22.6 Å². The molecule has 1 aliphatic heterocycles. The summed E-state index contributed by atoms with van der Waals surface area (Å²) >= 11 is 0. The van der Waals surface area contributed by atoms with E-state index in [0.29, 0.717) is 12.1 Å². The van der Waals surface area contributed by atoms with Gasteiger partial charge < -0.3 is 4.74 Å². The van der Waals surface area contributed by atoms with Crippen LogP contribution in [-0.4, -0.2) is 15.0 Å². The molecule has 140 valence electrons. The summed E-state index contributed by atoms with van der Waals surface area (Å²) in [6, 6.07) is 4.53. The molecule has 1 heterocycles. The lowest BCUT2D eigenvalue weighted by Crippen LogP contribution is -2.31. The maximum Gasteiger partial charge on any atom is 0.416 e. The molecule has 3 rings (SSSR count). The minimum Gasteiger partial charge on any atom is -0.490 e. The molecular formula is C17H13F5O3S. The zero-order valence-corrected chi connectivity index (χ0v) is 14.2. The molecule has 26 heavy (non-hydrogen) atoms. The molecule has 9 heteroatoms. The molecule has 1 aliphatic rings.